The van der Waals surface area contributed by atoms with Crippen LogP contribution in [0.15, 0.2) is 40.7 Å². The molecule has 2 rings (SSSR count). The lowest BCUT2D eigenvalue weighted by Gasteiger charge is -2.30. The van der Waals surface area contributed by atoms with Gasteiger partial charge in [0.1, 0.15) is 0 Å². The SMILES string of the molecule is CCOC(=O)C1=C(C)NC(C)=C(C(=O)O)C1c1cccc(Cl)c1Cl. The standard InChI is InChI=1S/C17H17Cl2NO4/c1-4-24-17(23)13-9(3)20-8(2)12(16(21)22)14(13)10-6-5-7-11(18)15(10)19/h5-7,14,20H,4H2,1-3H3,(H,21,22). The first-order valence-electron chi connectivity index (χ1n) is 7.32. The van der Waals surface area contributed by atoms with E-state index >= 15 is 0 Å². The molecule has 0 saturated heterocycles. The van der Waals surface area contributed by atoms with Crippen LogP contribution < -0.4 is 5.32 Å². The minimum absolute atomic E-state index is 0.0350. The fourth-order valence-corrected chi connectivity index (χ4v) is 3.23. The van der Waals surface area contributed by atoms with E-state index in [2.05, 4.69) is 5.32 Å². The van der Waals surface area contributed by atoms with Gasteiger partial charge < -0.3 is 15.2 Å². The summed E-state index contributed by atoms with van der Waals surface area (Å²) in [6, 6.07) is 4.93. The van der Waals surface area contributed by atoms with Gasteiger partial charge in [-0.05, 0) is 32.4 Å². The highest BCUT2D eigenvalue weighted by atomic mass is 35.5. The molecule has 1 unspecified atom stereocenters. The molecule has 128 valence electrons. The second-order valence-electron chi connectivity index (χ2n) is 5.30. The van der Waals surface area contributed by atoms with Crippen molar-refractivity contribution in [2.45, 2.75) is 26.7 Å². The van der Waals surface area contributed by atoms with Crippen molar-refractivity contribution in [2.75, 3.05) is 6.61 Å². The maximum atomic E-state index is 12.5. The maximum absolute atomic E-state index is 12.5. The van der Waals surface area contributed by atoms with Crippen molar-refractivity contribution >= 4 is 35.1 Å². The van der Waals surface area contributed by atoms with Gasteiger partial charge in [0.25, 0.3) is 0 Å². The minimum atomic E-state index is -1.14. The van der Waals surface area contributed by atoms with Crippen LogP contribution in [0.3, 0.4) is 0 Å². The van der Waals surface area contributed by atoms with Crippen molar-refractivity contribution in [3.05, 3.63) is 56.3 Å². The van der Waals surface area contributed by atoms with E-state index in [9.17, 15) is 14.7 Å². The Kier molecular flexibility index (Phi) is 5.57. The molecule has 1 aromatic carbocycles. The first-order valence-corrected chi connectivity index (χ1v) is 8.08. The molecule has 0 radical (unpaired) electrons. The van der Waals surface area contributed by atoms with Crippen molar-refractivity contribution in [1.29, 1.82) is 0 Å². The van der Waals surface area contributed by atoms with Crippen LogP contribution in [0.25, 0.3) is 0 Å². The Bertz CT molecular complexity index is 768. The van der Waals surface area contributed by atoms with Crippen LogP contribution in [0.4, 0.5) is 0 Å². The van der Waals surface area contributed by atoms with E-state index in [1.807, 2.05) is 0 Å². The highest BCUT2D eigenvalue weighted by Gasteiger charge is 2.38. The number of carboxylic acids is 1. The number of aliphatic carboxylic acids is 1. The third-order valence-electron chi connectivity index (χ3n) is 3.78. The number of carboxylic acid groups (broad SMARTS) is 1. The minimum Gasteiger partial charge on any atom is -0.478 e. The molecular weight excluding hydrogens is 353 g/mol. The highest BCUT2D eigenvalue weighted by Crippen LogP contribution is 2.43. The third-order valence-corrected chi connectivity index (χ3v) is 4.61. The Morgan fingerprint density at radius 1 is 1.21 bits per heavy atom. The second kappa shape index (κ2) is 7.28. The predicted octanol–water partition coefficient (Wildman–Crippen LogP) is 3.88. The third kappa shape index (κ3) is 3.28. The van der Waals surface area contributed by atoms with Crippen molar-refractivity contribution in [3.8, 4) is 0 Å². The summed E-state index contributed by atoms with van der Waals surface area (Å²) in [6.45, 7) is 5.20. The number of hydrogen-bond acceptors (Lipinski definition) is 4. The van der Waals surface area contributed by atoms with E-state index in [0.29, 0.717) is 17.0 Å². The first kappa shape index (κ1) is 18.4. The summed E-state index contributed by atoms with van der Waals surface area (Å²) in [7, 11) is 0. The average molecular weight is 370 g/mol. The van der Waals surface area contributed by atoms with E-state index in [-0.39, 0.29) is 27.8 Å². The average Bonchev–Trinajstić information content (AvgIpc) is 2.49. The number of dihydropyridines is 1. The summed E-state index contributed by atoms with van der Waals surface area (Å²) in [4.78, 5) is 24.3. The molecular formula is C17H17Cl2NO4. The fourth-order valence-electron chi connectivity index (χ4n) is 2.81. The number of nitrogens with one attached hydrogen (secondary N) is 1. The van der Waals surface area contributed by atoms with Gasteiger partial charge in [-0.2, -0.15) is 0 Å². The Balaban J connectivity index is 2.73. The van der Waals surface area contributed by atoms with E-state index < -0.39 is 17.9 Å². The van der Waals surface area contributed by atoms with Gasteiger partial charge in [0.2, 0.25) is 0 Å². The molecule has 0 bridgehead atoms. The molecule has 0 aromatic heterocycles. The molecule has 0 aliphatic carbocycles. The summed E-state index contributed by atoms with van der Waals surface area (Å²) >= 11 is 12.4. The van der Waals surface area contributed by atoms with Gasteiger partial charge >= 0.3 is 11.9 Å². The Hall–Kier alpha value is -1.98. The van der Waals surface area contributed by atoms with Crippen LogP contribution >= 0.6 is 23.2 Å². The monoisotopic (exact) mass is 369 g/mol. The number of carbonyl (C=O) groups excluding carboxylic acids is 1. The molecule has 1 aliphatic rings. The van der Waals surface area contributed by atoms with Crippen molar-refractivity contribution in [2.24, 2.45) is 0 Å². The molecule has 0 amide bonds. The summed E-state index contributed by atoms with van der Waals surface area (Å²) in [5, 5.41) is 13.1. The van der Waals surface area contributed by atoms with Crippen molar-refractivity contribution in [1.82, 2.24) is 5.32 Å². The molecule has 2 N–H and O–H groups in total. The number of benzene rings is 1. The molecule has 5 nitrogen and oxygen atoms in total. The highest BCUT2D eigenvalue weighted by molar-refractivity contribution is 6.42. The molecule has 1 heterocycles. The van der Waals surface area contributed by atoms with Gasteiger partial charge in [-0.25, -0.2) is 9.59 Å². The zero-order chi connectivity index (χ0) is 18.0. The maximum Gasteiger partial charge on any atom is 0.336 e. The molecule has 0 spiro atoms. The largest absolute Gasteiger partial charge is 0.478 e. The smallest absolute Gasteiger partial charge is 0.336 e. The predicted molar refractivity (Wildman–Crippen MR) is 92.0 cm³/mol. The summed E-state index contributed by atoms with van der Waals surface area (Å²) < 4.78 is 5.11. The topological polar surface area (TPSA) is 75.6 Å². The van der Waals surface area contributed by atoms with Crippen LogP contribution in [0, 0.1) is 0 Å². The Labute approximate surface area is 149 Å². The summed E-state index contributed by atoms with van der Waals surface area (Å²) in [5.41, 5.74) is 1.66. The van der Waals surface area contributed by atoms with Crippen LogP contribution in [0.5, 0.6) is 0 Å². The summed E-state index contributed by atoms with van der Waals surface area (Å²) in [5.74, 6) is -2.60. The van der Waals surface area contributed by atoms with Gasteiger partial charge in [0, 0.05) is 11.4 Å². The molecule has 1 atom stereocenters. The number of allylic oxidation sites excluding steroid dienone is 2. The fraction of sp³-hybridized carbons (Fsp3) is 0.294. The van der Waals surface area contributed by atoms with E-state index in [1.54, 1.807) is 39.0 Å². The quantitative estimate of drug-likeness (QED) is 0.787. The number of rotatable bonds is 4. The lowest BCUT2D eigenvalue weighted by atomic mass is 9.80. The summed E-state index contributed by atoms with van der Waals surface area (Å²) in [6.07, 6.45) is 0. The number of carbonyl (C=O) groups is 2. The first-order chi connectivity index (χ1) is 11.3. The number of hydrogen-bond donors (Lipinski definition) is 2. The van der Waals surface area contributed by atoms with Gasteiger partial charge in [-0.1, -0.05) is 35.3 Å². The van der Waals surface area contributed by atoms with Gasteiger partial charge in [0.05, 0.1) is 33.7 Å². The van der Waals surface area contributed by atoms with E-state index in [0.717, 1.165) is 0 Å². The zero-order valence-corrected chi connectivity index (χ0v) is 15.0. The zero-order valence-electron chi connectivity index (χ0n) is 13.4. The van der Waals surface area contributed by atoms with Crippen molar-refractivity contribution < 1.29 is 19.4 Å². The van der Waals surface area contributed by atoms with E-state index in [4.69, 9.17) is 27.9 Å². The Morgan fingerprint density at radius 3 is 2.42 bits per heavy atom. The van der Waals surface area contributed by atoms with Crippen LogP contribution in [-0.4, -0.2) is 23.7 Å². The van der Waals surface area contributed by atoms with Gasteiger partial charge in [0.15, 0.2) is 0 Å². The van der Waals surface area contributed by atoms with E-state index in [1.165, 1.54) is 0 Å². The lowest BCUT2D eigenvalue weighted by Crippen LogP contribution is -2.32. The lowest BCUT2D eigenvalue weighted by molar-refractivity contribution is -0.138. The molecule has 1 aromatic rings. The Morgan fingerprint density at radius 2 is 1.83 bits per heavy atom. The number of ether oxygens (including phenoxy) is 1. The number of esters is 1. The number of halogens is 2. The molecule has 24 heavy (non-hydrogen) atoms. The molecule has 0 fully saturated rings. The van der Waals surface area contributed by atoms with Gasteiger partial charge in [-0.3, -0.25) is 0 Å². The van der Waals surface area contributed by atoms with Crippen LogP contribution in [-0.2, 0) is 14.3 Å². The van der Waals surface area contributed by atoms with Gasteiger partial charge in [-0.15, -0.1) is 0 Å². The van der Waals surface area contributed by atoms with Crippen LogP contribution in [0.1, 0.15) is 32.3 Å². The second-order valence-corrected chi connectivity index (χ2v) is 6.09. The molecule has 7 heteroatoms. The van der Waals surface area contributed by atoms with Crippen LogP contribution in [0.2, 0.25) is 10.0 Å². The normalized spacial score (nSPS) is 17.6. The molecule has 0 saturated carbocycles. The molecule has 1 aliphatic heterocycles. The van der Waals surface area contributed by atoms with Crippen molar-refractivity contribution in [3.63, 3.8) is 0 Å².